The van der Waals surface area contributed by atoms with Crippen molar-refractivity contribution in [2.45, 2.75) is 26.3 Å². The zero-order valence-electron chi connectivity index (χ0n) is 12.3. The van der Waals surface area contributed by atoms with Crippen LogP contribution in [0.15, 0.2) is 22.7 Å². The molecule has 2 atom stereocenters. The molecule has 4 heteroatoms. The molecule has 2 N–H and O–H groups in total. The van der Waals surface area contributed by atoms with Gasteiger partial charge >= 0.3 is 0 Å². The molecule has 0 amide bonds. The third-order valence-corrected chi connectivity index (χ3v) is 4.34. The van der Waals surface area contributed by atoms with E-state index in [2.05, 4.69) is 47.8 Å². The molecule has 0 bridgehead atoms. The maximum atomic E-state index is 5.98. The van der Waals surface area contributed by atoms with Crippen molar-refractivity contribution < 1.29 is 4.74 Å². The minimum atomic E-state index is 0.207. The predicted molar refractivity (Wildman–Crippen MR) is 84.6 cm³/mol. The fourth-order valence-corrected chi connectivity index (χ4v) is 2.71. The van der Waals surface area contributed by atoms with Gasteiger partial charge < -0.3 is 10.5 Å². The molecule has 0 heterocycles. The highest BCUT2D eigenvalue weighted by atomic mass is 79.9. The fourth-order valence-electron chi connectivity index (χ4n) is 2.20. The lowest BCUT2D eigenvalue weighted by molar-refractivity contribution is 0.214. The fraction of sp³-hybridized carbons (Fsp3) is 0.600. The van der Waals surface area contributed by atoms with Gasteiger partial charge in [-0.2, -0.15) is 0 Å². The normalized spacial score (nSPS) is 14.5. The van der Waals surface area contributed by atoms with Crippen molar-refractivity contribution in [3.63, 3.8) is 0 Å². The molecule has 3 nitrogen and oxygen atoms in total. The van der Waals surface area contributed by atoms with Crippen molar-refractivity contribution >= 4 is 15.9 Å². The molecule has 19 heavy (non-hydrogen) atoms. The monoisotopic (exact) mass is 328 g/mol. The Labute approximate surface area is 125 Å². The Hall–Kier alpha value is -0.580. The number of halogens is 1. The van der Waals surface area contributed by atoms with E-state index < -0.39 is 0 Å². The third-order valence-electron chi connectivity index (χ3n) is 3.61. The van der Waals surface area contributed by atoms with E-state index in [0.717, 1.165) is 16.8 Å². The van der Waals surface area contributed by atoms with E-state index in [1.54, 1.807) is 7.11 Å². The first kappa shape index (κ1) is 16.5. The maximum absolute atomic E-state index is 5.98. The average Bonchev–Trinajstić information content (AvgIpc) is 2.41. The smallest absolute Gasteiger partial charge is 0.119 e. The van der Waals surface area contributed by atoms with E-state index in [1.165, 1.54) is 12.0 Å². The minimum Gasteiger partial charge on any atom is -0.497 e. The molecule has 108 valence electrons. The Morgan fingerprint density at radius 2 is 2.11 bits per heavy atom. The molecule has 1 aromatic carbocycles. The van der Waals surface area contributed by atoms with E-state index in [-0.39, 0.29) is 6.04 Å². The number of methoxy groups -OCH3 is 1. The van der Waals surface area contributed by atoms with Crippen LogP contribution in [0.25, 0.3) is 0 Å². The first-order chi connectivity index (χ1) is 9.03. The van der Waals surface area contributed by atoms with Crippen molar-refractivity contribution in [1.82, 2.24) is 4.90 Å². The summed E-state index contributed by atoms with van der Waals surface area (Å²) < 4.78 is 6.39. The quantitative estimate of drug-likeness (QED) is 0.833. The van der Waals surface area contributed by atoms with Gasteiger partial charge in [0, 0.05) is 23.6 Å². The molecule has 1 rings (SSSR count). The third kappa shape index (κ3) is 4.48. The van der Waals surface area contributed by atoms with Gasteiger partial charge in [0.05, 0.1) is 7.11 Å². The van der Waals surface area contributed by atoms with Crippen molar-refractivity contribution in [1.29, 1.82) is 0 Å². The SMILES string of the molecule is CCC(C)CN(C)C(CN)c1cc(OC)ccc1Br. The molecule has 0 saturated carbocycles. The van der Waals surface area contributed by atoms with Crippen LogP contribution in [0.2, 0.25) is 0 Å². The Morgan fingerprint density at radius 1 is 1.42 bits per heavy atom. The first-order valence-electron chi connectivity index (χ1n) is 6.77. The molecule has 0 saturated heterocycles. The summed E-state index contributed by atoms with van der Waals surface area (Å²) in [5, 5.41) is 0. The summed E-state index contributed by atoms with van der Waals surface area (Å²) in [5.74, 6) is 1.54. The Bertz CT molecular complexity index is 398. The van der Waals surface area contributed by atoms with E-state index in [9.17, 15) is 0 Å². The lowest BCUT2D eigenvalue weighted by atomic mass is 10.0. The number of nitrogens with two attached hydrogens (primary N) is 1. The van der Waals surface area contributed by atoms with Gasteiger partial charge in [-0.1, -0.05) is 36.2 Å². The zero-order valence-corrected chi connectivity index (χ0v) is 13.9. The topological polar surface area (TPSA) is 38.5 Å². The van der Waals surface area contributed by atoms with Crippen LogP contribution in [0, 0.1) is 5.92 Å². The number of rotatable bonds is 7. The van der Waals surface area contributed by atoms with Crippen molar-refractivity contribution in [2.75, 3.05) is 27.2 Å². The standard InChI is InChI=1S/C15H25BrN2O/c1-5-11(2)10-18(3)15(9-17)13-8-12(19-4)6-7-14(13)16/h6-8,11,15H,5,9-10,17H2,1-4H3. The Morgan fingerprint density at radius 3 is 2.63 bits per heavy atom. The van der Waals surface area contributed by atoms with E-state index in [1.807, 2.05) is 12.1 Å². The summed E-state index contributed by atoms with van der Waals surface area (Å²) in [7, 11) is 3.82. The Balaban J connectivity index is 2.95. The van der Waals surface area contributed by atoms with Crippen molar-refractivity contribution in [2.24, 2.45) is 11.7 Å². The average molecular weight is 329 g/mol. The molecule has 0 spiro atoms. The zero-order chi connectivity index (χ0) is 14.4. The predicted octanol–water partition coefficient (Wildman–Crippen LogP) is 3.44. The summed E-state index contributed by atoms with van der Waals surface area (Å²) in [5.41, 5.74) is 7.17. The van der Waals surface area contributed by atoms with Gasteiger partial charge in [-0.15, -0.1) is 0 Å². The van der Waals surface area contributed by atoms with Crippen molar-refractivity contribution in [3.8, 4) is 5.75 Å². The van der Waals surface area contributed by atoms with Crippen molar-refractivity contribution in [3.05, 3.63) is 28.2 Å². The summed E-state index contributed by atoms with van der Waals surface area (Å²) in [6, 6.07) is 6.25. The summed E-state index contributed by atoms with van der Waals surface area (Å²) in [4.78, 5) is 2.33. The minimum absolute atomic E-state index is 0.207. The molecule has 1 aromatic rings. The van der Waals surface area contributed by atoms with Gasteiger partial charge in [-0.25, -0.2) is 0 Å². The maximum Gasteiger partial charge on any atom is 0.119 e. The largest absolute Gasteiger partial charge is 0.497 e. The van der Waals surface area contributed by atoms with Gasteiger partial charge in [0.2, 0.25) is 0 Å². The van der Waals surface area contributed by atoms with Crippen LogP contribution in [0.3, 0.4) is 0 Å². The molecule has 0 radical (unpaired) electrons. The van der Waals surface area contributed by atoms with Crippen LogP contribution in [0.5, 0.6) is 5.75 Å². The molecule has 0 aliphatic rings. The number of likely N-dealkylation sites (N-methyl/N-ethyl adjacent to an activating group) is 1. The number of hydrogen-bond donors (Lipinski definition) is 1. The molecule has 0 fully saturated rings. The summed E-state index contributed by atoms with van der Waals surface area (Å²) in [6.07, 6.45) is 1.18. The first-order valence-corrected chi connectivity index (χ1v) is 7.56. The highest BCUT2D eigenvalue weighted by Gasteiger charge is 2.19. The second-order valence-corrected chi connectivity index (χ2v) is 5.95. The van der Waals surface area contributed by atoms with Crippen LogP contribution in [0.1, 0.15) is 31.9 Å². The van der Waals surface area contributed by atoms with Gasteiger partial charge in [0.1, 0.15) is 5.75 Å². The molecule has 0 aliphatic heterocycles. The number of benzene rings is 1. The van der Waals surface area contributed by atoms with E-state index in [4.69, 9.17) is 10.5 Å². The molecule has 0 aromatic heterocycles. The van der Waals surface area contributed by atoms with E-state index in [0.29, 0.717) is 12.5 Å². The van der Waals surface area contributed by atoms with Crippen LogP contribution in [-0.4, -0.2) is 32.1 Å². The lowest BCUT2D eigenvalue weighted by Crippen LogP contribution is -2.33. The second-order valence-electron chi connectivity index (χ2n) is 5.09. The summed E-state index contributed by atoms with van der Waals surface area (Å²) in [6.45, 7) is 6.13. The molecular formula is C15H25BrN2O. The van der Waals surface area contributed by atoms with Gasteiger partial charge in [0.25, 0.3) is 0 Å². The van der Waals surface area contributed by atoms with Gasteiger partial charge in [-0.3, -0.25) is 4.90 Å². The number of nitrogens with zero attached hydrogens (tertiary/aromatic N) is 1. The number of hydrogen-bond acceptors (Lipinski definition) is 3. The van der Waals surface area contributed by atoms with Crippen LogP contribution >= 0.6 is 15.9 Å². The Kier molecular flexibility index (Phi) is 6.83. The molecule has 0 aliphatic carbocycles. The van der Waals surface area contributed by atoms with Gasteiger partial charge in [0.15, 0.2) is 0 Å². The highest BCUT2D eigenvalue weighted by Crippen LogP contribution is 2.30. The van der Waals surface area contributed by atoms with Crippen LogP contribution in [-0.2, 0) is 0 Å². The lowest BCUT2D eigenvalue weighted by Gasteiger charge is -2.30. The van der Waals surface area contributed by atoms with Gasteiger partial charge in [-0.05, 0) is 36.7 Å². The number of ether oxygens (including phenoxy) is 1. The molecular weight excluding hydrogens is 304 g/mol. The second kappa shape index (κ2) is 7.88. The highest BCUT2D eigenvalue weighted by molar-refractivity contribution is 9.10. The molecule has 2 unspecified atom stereocenters. The van der Waals surface area contributed by atoms with E-state index >= 15 is 0 Å². The van der Waals surface area contributed by atoms with Crippen LogP contribution < -0.4 is 10.5 Å². The van der Waals surface area contributed by atoms with Crippen LogP contribution in [0.4, 0.5) is 0 Å². The summed E-state index contributed by atoms with van der Waals surface area (Å²) >= 11 is 3.61.